The quantitative estimate of drug-likeness (QED) is 0.727. The highest BCUT2D eigenvalue weighted by atomic mass is 16.5. The number of rotatable bonds is 2. The highest BCUT2D eigenvalue weighted by Gasteiger charge is 2.30. The van der Waals surface area contributed by atoms with E-state index in [1.54, 1.807) is 7.05 Å². The standard InChI is InChI=1S/C17H25N5O3/c1-12-11-22(8-9-25-12)13-4-6-21(7-5-13)15-14(10-18)16(23)20(3)17(24)19(15)2/h12-13H,4-9,11H2,1-3H3/t12-/m1/s1. The number of hydrogen-bond donors (Lipinski definition) is 0. The number of nitrogens with zero attached hydrogens (tertiary/aromatic N) is 5. The second-order valence-electron chi connectivity index (χ2n) is 6.91. The van der Waals surface area contributed by atoms with Crippen molar-refractivity contribution in [2.24, 2.45) is 14.1 Å². The minimum atomic E-state index is -0.523. The van der Waals surface area contributed by atoms with Gasteiger partial charge in [0.1, 0.15) is 11.9 Å². The molecule has 2 aliphatic rings. The van der Waals surface area contributed by atoms with Gasteiger partial charge in [-0.25, -0.2) is 4.79 Å². The van der Waals surface area contributed by atoms with Crippen LogP contribution < -0.4 is 16.1 Å². The molecular weight excluding hydrogens is 322 g/mol. The van der Waals surface area contributed by atoms with Crippen molar-refractivity contribution in [3.63, 3.8) is 0 Å². The van der Waals surface area contributed by atoms with Gasteiger partial charge in [-0.3, -0.25) is 18.8 Å². The van der Waals surface area contributed by atoms with Gasteiger partial charge >= 0.3 is 5.69 Å². The molecule has 0 N–H and O–H groups in total. The third-order valence-electron chi connectivity index (χ3n) is 5.30. The van der Waals surface area contributed by atoms with E-state index in [0.717, 1.165) is 50.2 Å². The number of piperidine rings is 1. The van der Waals surface area contributed by atoms with Gasteiger partial charge in [-0.1, -0.05) is 0 Å². The molecule has 2 aliphatic heterocycles. The molecule has 1 aromatic rings. The zero-order chi connectivity index (χ0) is 18.1. The molecule has 8 heteroatoms. The van der Waals surface area contributed by atoms with Crippen LogP contribution in [-0.4, -0.2) is 59.0 Å². The largest absolute Gasteiger partial charge is 0.376 e. The maximum absolute atomic E-state index is 12.3. The third kappa shape index (κ3) is 3.22. The van der Waals surface area contributed by atoms with Crippen molar-refractivity contribution in [3.05, 3.63) is 26.4 Å². The molecule has 1 atom stereocenters. The zero-order valence-electron chi connectivity index (χ0n) is 15.1. The van der Waals surface area contributed by atoms with Crippen molar-refractivity contribution in [1.29, 1.82) is 5.26 Å². The van der Waals surface area contributed by atoms with Crippen LogP contribution in [0.1, 0.15) is 25.3 Å². The third-order valence-corrected chi connectivity index (χ3v) is 5.30. The Morgan fingerprint density at radius 1 is 1.12 bits per heavy atom. The Morgan fingerprint density at radius 3 is 2.40 bits per heavy atom. The Bertz CT molecular complexity index is 798. The Labute approximate surface area is 146 Å². The second-order valence-corrected chi connectivity index (χ2v) is 6.91. The fourth-order valence-corrected chi connectivity index (χ4v) is 3.92. The fourth-order valence-electron chi connectivity index (χ4n) is 3.92. The molecule has 136 valence electrons. The lowest BCUT2D eigenvalue weighted by molar-refractivity contribution is -0.0374. The maximum atomic E-state index is 12.3. The van der Waals surface area contributed by atoms with Crippen LogP contribution in [0.25, 0.3) is 0 Å². The molecule has 0 aromatic carbocycles. The predicted molar refractivity (Wildman–Crippen MR) is 93.9 cm³/mol. The molecule has 0 spiro atoms. The van der Waals surface area contributed by atoms with Crippen LogP contribution >= 0.6 is 0 Å². The van der Waals surface area contributed by atoms with Crippen molar-refractivity contribution in [2.75, 3.05) is 37.7 Å². The molecule has 8 nitrogen and oxygen atoms in total. The molecule has 3 heterocycles. The van der Waals surface area contributed by atoms with Gasteiger partial charge < -0.3 is 9.64 Å². The van der Waals surface area contributed by atoms with Gasteiger partial charge in [-0.05, 0) is 19.8 Å². The molecule has 0 saturated carbocycles. The summed E-state index contributed by atoms with van der Waals surface area (Å²) in [5.74, 6) is 0.449. The van der Waals surface area contributed by atoms with Gasteiger partial charge in [0.05, 0.1) is 12.7 Å². The smallest absolute Gasteiger partial charge is 0.332 e. The molecular formula is C17H25N5O3. The van der Waals surface area contributed by atoms with Gasteiger partial charge in [-0.2, -0.15) is 5.26 Å². The van der Waals surface area contributed by atoms with Gasteiger partial charge in [-0.15, -0.1) is 0 Å². The molecule has 0 radical (unpaired) electrons. The first-order chi connectivity index (χ1) is 11.9. The van der Waals surface area contributed by atoms with Crippen LogP contribution in [-0.2, 0) is 18.8 Å². The predicted octanol–water partition coefficient (Wildman–Crippen LogP) is -0.355. The van der Waals surface area contributed by atoms with E-state index < -0.39 is 11.2 Å². The molecule has 0 bridgehead atoms. The van der Waals surface area contributed by atoms with Crippen LogP contribution in [0.3, 0.4) is 0 Å². The number of nitriles is 1. The summed E-state index contributed by atoms with van der Waals surface area (Å²) in [6, 6.07) is 2.47. The minimum absolute atomic E-state index is 0.0445. The van der Waals surface area contributed by atoms with Gasteiger partial charge in [0.25, 0.3) is 5.56 Å². The average Bonchev–Trinajstić information content (AvgIpc) is 2.63. The number of ether oxygens (including phenoxy) is 1. The van der Waals surface area contributed by atoms with Crippen LogP contribution in [0.4, 0.5) is 5.82 Å². The van der Waals surface area contributed by atoms with E-state index in [1.165, 1.54) is 11.6 Å². The van der Waals surface area contributed by atoms with Gasteiger partial charge in [0.2, 0.25) is 0 Å². The summed E-state index contributed by atoms with van der Waals surface area (Å²) in [6.45, 7) is 6.21. The molecule has 0 aliphatic carbocycles. The molecule has 0 unspecified atom stereocenters. The topological polar surface area (TPSA) is 83.5 Å². The SMILES string of the molecule is C[C@@H]1CN(C2CCN(c3c(C#N)c(=O)n(C)c(=O)n3C)CC2)CCO1. The number of aromatic nitrogens is 2. The van der Waals surface area contributed by atoms with Crippen LogP contribution in [0.15, 0.2) is 9.59 Å². The summed E-state index contributed by atoms with van der Waals surface area (Å²) >= 11 is 0. The highest BCUT2D eigenvalue weighted by Crippen LogP contribution is 2.24. The number of morpholine rings is 1. The van der Waals surface area contributed by atoms with E-state index in [-0.39, 0.29) is 11.7 Å². The summed E-state index contributed by atoms with van der Waals surface area (Å²) in [7, 11) is 3.02. The van der Waals surface area contributed by atoms with Crippen molar-refractivity contribution in [2.45, 2.75) is 31.9 Å². The van der Waals surface area contributed by atoms with Gasteiger partial charge in [0, 0.05) is 46.3 Å². The Balaban J connectivity index is 1.81. The molecule has 3 rings (SSSR count). The first kappa shape index (κ1) is 17.7. The Kier molecular flexibility index (Phi) is 4.97. The lowest BCUT2D eigenvalue weighted by Crippen LogP contribution is -2.52. The first-order valence-electron chi connectivity index (χ1n) is 8.74. The Hall–Kier alpha value is -2.11. The zero-order valence-corrected chi connectivity index (χ0v) is 15.1. The van der Waals surface area contributed by atoms with E-state index in [4.69, 9.17) is 4.74 Å². The fraction of sp³-hybridized carbons (Fsp3) is 0.706. The minimum Gasteiger partial charge on any atom is -0.376 e. The van der Waals surface area contributed by atoms with Crippen LogP contribution in [0, 0.1) is 11.3 Å². The number of anilines is 1. The van der Waals surface area contributed by atoms with E-state index in [2.05, 4.69) is 11.8 Å². The van der Waals surface area contributed by atoms with E-state index in [1.807, 2.05) is 11.0 Å². The lowest BCUT2D eigenvalue weighted by Gasteiger charge is -2.42. The summed E-state index contributed by atoms with van der Waals surface area (Å²) in [5, 5.41) is 9.43. The molecule has 2 saturated heterocycles. The molecule has 1 aromatic heterocycles. The molecule has 0 amide bonds. The Morgan fingerprint density at radius 2 is 1.80 bits per heavy atom. The monoisotopic (exact) mass is 347 g/mol. The molecule has 2 fully saturated rings. The van der Waals surface area contributed by atoms with Crippen molar-refractivity contribution in [3.8, 4) is 6.07 Å². The van der Waals surface area contributed by atoms with E-state index in [9.17, 15) is 14.9 Å². The average molecular weight is 347 g/mol. The summed E-state index contributed by atoms with van der Waals surface area (Å²) in [6.07, 6.45) is 2.15. The highest BCUT2D eigenvalue weighted by molar-refractivity contribution is 5.53. The summed E-state index contributed by atoms with van der Waals surface area (Å²) in [4.78, 5) is 29.0. The normalized spacial score (nSPS) is 22.8. The molecule has 25 heavy (non-hydrogen) atoms. The maximum Gasteiger partial charge on any atom is 0.332 e. The first-order valence-corrected chi connectivity index (χ1v) is 8.74. The lowest BCUT2D eigenvalue weighted by atomic mass is 10.0. The van der Waals surface area contributed by atoms with Gasteiger partial charge in [0.15, 0.2) is 5.56 Å². The van der Waals surface area contributed by atoms with Crippen LogP contribution in [0.5, 0.6) is 0 Å². The second kappa shape index (κ2) is 7.02. The van der Waals surface area contributed by atoms with Crippen molar-refractivity contribution >= 4 is 5.82 Å². The van der Waals surface area contributed by atoms with E-state index in [0.29, 0.717) is 11.9 Å². The summed E-state index contributed by atoms with van der Waals surface area (Å²) in [5.41, 5.74) is -0.879. The number of hydrogen-bond acceptors (Lipinski definition) is 6. The summed E-state index contributed by atoms with van der Waals surface area (Å²) < 4.78 is 8.01. The van der Waals surface area contributed by atoms with Crippen molar-refractivity contribution in [1.82, 2.24) is 14.0 Å². The van der Waals surface area contributed by atoms with E-state index >= 15 is 0 Å². The van der Waals surface area contributed by atoms with Crippen molar-refractivity contribution < 1.29 is 4.74 Å². The van der Waals surface area contributed by atoms with Crippen LogP contribution in [0.2, 0.25) is 0 Å².